The number of halogens is 2. The fourth-order valence-corrected chi connectivity index (χ4v) is 4.23. The van der Waals surface area contributed by atoms with E-state index in [-0.39, 0.29) is 0 Å². The number of piperidine rings is 1. The molecule has 1 aliphatic carbocycles. The number of benzene rings is 1. The Balaban J connectivity index is 1.70. The van der Waals surface area contributed by atoms with Crippen LogP contribution in [0.2, 0.25) is 5.02 Å². The lowest BCUT2D eigenvalue weighted by Crippen LogP contribution is -2.44. The second kappa shape index (κ2) is 6.67. The minimum atomic E-state index is 0.553. The summed E-state index contributed by atoms with van der Waals surface area (Å²) in [7, 11) is 0. The third-order valence-electron chi connectivity index (χ3n) is 4.70. The molecule has 1 aromatic rings. The Bertz CT molecular complexity index is 460. The summed E-state index contributed by atoms with van der Waals surface area (Å²) in [5.41, 5.74) is 1.06. The molecule has 2 N–H and O–H groups in total. The molecule has 4 heteroatoms. The van der Waals surface area contributed by atoms with Crippen LogP contribution in [0.5, 0.6) is 0 Å². The molecule has 1 heterocycles. The number of hydrogen-bond donors (Lipinski definition) is 2. The second-order valence-corrected chi connectivity index (χ2v) is 7.35. The van der Waals surface area contributed by atoms with Crippen LogP contribution in [0.15, 0.2) is 22.7 Å². The summed E-state index contributed by atoms with van der Waals surface area (Å²) in [4.78, 5) is 0. The van der Waals surface area contributed by atoms with E-state index in [1.165, 1.54) is 45.1 Å². The van der Waals surface area contributed by atoms with Crippen LogP contribution in [-0.2, 0) is 0 Å². The smallest absolute Gasteiger partial charge is 0.0638 e. The van der Waals surface area contributed by atoms with Gasteiger partial charge in [-0.25, -0.2) is 0 Å². The summed E-state index contributed by atoms with van der Waals surface area (Å²) in [6.45, 7) is 1.19. The molecule has 2 nitrogen and oxygen atoms in total. The fourth-order valence-electron chi connectivity index (χ4n) is 3.70. The van der Waals surface area contributed by atoms with Crippen molar-refractivity contribution in [3.8, 4) is 0 Å². The molecular formula is C16H22BrClN2. The second-order valence-electron chi connectivity index (χ2n) is 6.03. The van der Waals surface area contributed by atoms with Crippen molar-refractivity contribution in [1.82, 2.24) is 5.32 Å². The van der Waals surface area contributed by atoms with E-state index in [1.54, 1.807) is 0 Å². The Morgan fingerprint density at radius 3 is 2.85 bits per heavy atom. The normalized spacial score (nSPS) is 30.4. The van der Waals surface area contributed by atoms with Gasteiger partial charge in [-0.1, -0.05) is 40.4 Å². The average molecular weight is 358 g/mol. The lowest BCUT2D eigenvalue weighted by atomic mass is 9.88. The highest BCUT2D eigenvalue weighted by atomic mass is 79.9. The van der Waals surface area contributed by atoms with Crippen molar-refractivity contribution in [2.75, 3.05) is 11.9 Å². The standard InChI is InChI=1S/C16H22BrClN2/c17-11-7-8-13(18)16(10-11)20-15-6-3-4-12(15)14-5-1-2-9-19-14/h7-8,10,12,14-15,19-20H,1-6,9H2. The van der Waals surface area contributed by atoms with Crippen LogP contribution in [0.1, 0.15) is 38.5 Å². The van der Waals surface area contributed by atoms with Crippen LogP contribution in [-0.4, -0.2) is 18.6 Å². The van der Waals surface area contributed by atoms with Gasteiger partial charge >= 0.3 is 0 Å². The molecule has 2 aliphatic rings. The summed E-state index contributed by atoms with van der Waals surface area (Å²) in [5, 5.41) is 8.23. The third-order valence-corrected chi connectivity index (χ3v) is 5.53. The zero-order valence-corrected chi connectivity index (χ0v) is 14.0. The van der Waals surface area contributed by atoms with E-state index < -0.39 is 0 Å². The molecule has 3 atom stereocenters. The molecule has 3 unspecified atom stereocenters. The summed E-state index contributed by atoms with van der Waals surface area (Å²) < 4.78 is 1.08. The Labute approximate surface area is 134 Å². The van der Waals surface area contributed by atoms with Gasteiger partial charge in [-0.15, -0.1) is 0 Å². The van der Waals surface area contributed by atoms with Crippen LogP contribution in [0.3, 0.4) is 0 Å². The van der Waals surface area contributed by atoms with E-state index in [1.807, 2.05) is 12.1 Å². The van der Waals surface area contributed by atoms with Gasteiger partial charge in [0.25, 0.3) is 0 Å². The number of anilines is 1. The Morgan fingerprint density at radius 1 is 1.15 bits per heavy atom. The van der Waals surface area contributed by atoms with Crippen molar-refractivity contribution in [3.05, 3.63) is 27.7 Å². The van der Waals surface area contributed by atoms with E-state index in [2.05, 4.69) is 32.6 Å². The first-order valence-corrected chi connectivity index (χ1v) is 8.86. The highest BCUT2D eigenvalue weighted by molar-refractivity contribution is 9.10. The fraction of sp³-hybridized carbons (Fsp3) is 0.625. The van der Waals surface area contributed by atoms with Crippen molar-refractivity contribution in [1.29, 1.82) is 0 Å². The first-order valence-electron chi connectivity index (χ1n) is 7.69. The Morgan fingerprint density at radius 2 is 2.05 bits per heavy atom. The summed E-state index contributed by atoms with van der Waals surface area (Å²) in [5.74, 6) is 0.741. The van der Waals surface area contributed by atoms with E-state index in [0.717, 1.165) is 21.1 Å². The van der Waals surface area contributed by atoms with Gasteiger partial charge in [0, 0.05) is 16.6 Å². The maximum absolute atomic E-state index is 6.31. The van der Waals surface area contributed by atoms with Crippen molar-refractivity contribution in [3.63, 3.8) is 0 Å². The van der Waals surface area contributed by atoms with Crippen molar-refractivity contribution < 1.29 is 0 Å². The highest BCUT2D eigenvalue weighted by Gasteiger charge is 2.34. The highest BCUT2D eigenvalue weighted by Crippen LogP contribution is 2.35. The minimum Gasteiger partial charge on any atom is -0.381 e. The molecule has 0 spiro atoms. The maximum Gasteiger partial charge on any atom is 0.0638 e. The van der Waals surface area contributed by atoms with E-state index in [9.17, 15) is 0 Å². The summed E-state index contributed by atoms with van der Waals surface area (Å²) >= 11 is 9.84. The quantitative estimate of drug-likeness (QED) is 0.810. The molecular weight excluding hydrogens is 336 g/mol. The molecule has 1 saturated carbocycles. The summed E-state index contributed by atoms with van der Waals surface area (Å²) in [6.07, 6.45) is 7.95. The van der Waals surface area contributed by atoms with Crippen LogP contribution in [0.4, 0.5) is 5.69 Å². The van der Waals surface area contributed by atoms with Crippen molar-refractivity contribution in [2.45, 2.75) is 50.6 Å². The molecule has 0 amide bonds. The monoisotopic (exact) mass is 356 g/mol. The van der Waals surface area contributed by atoms with Gasteiger partial charge in [-0.3, -0.25) is 0 Å². The zero-order chi connectivity index (χ0) is 13.9. The average Bonchev–Trinajstić information content (AvgIpc) is 2.92. The maximum atomic E-state index is 6.31. The molecule has 1 saturated heterocycles. The largest absolute Gasteiger partial charge is 0.381 e. The molecule has 0 aromatic heterocycles. The van der Waals surface area contributed by atoms with E-state index in [4.69, 9.17) is 11.6 Å². The van der Waals surface area contributed by atoms with Gasteiger partial charge < -0.3 is 10.6 Å². The van der Waals surface area contributed by atoms with Gasteiger partial charge in [-0.2, -0.15) is 0 Å². The van der Waals surface area contributed by atoms with Gasteiger partial charge in [0.05, 0.1) is 10.7 Å². The Hall–Kier alpha value is -0.250. The Kier molecular flexibility index (Phi) is 4.90. The van der Waals surface area contributed by atoms with Gasteiger partial charge in [0.1, 0.15) is 0 Å². The molecule has 110 valence electrons. The molecule has 20 heavy (non-hydrogen) atoms. The molecule has 0 bridgehead atoms. The van der Waals surface area contributed by atoms with Crippen LogP contribution in [0.25, 0.3) is 0 Å². The molecule has 1 aromatic carbocycles. The number of hydrogen-bond acceptors (Lipinski definition) is 2. The first-order chi connectivity index (χ1) is 9.74. The number of rotatable bonds is 3. The van der Waals surface area contributed by atoms with Crippen LogP contribution >= 0.6 is 27.5 Å². The lowest BCUT2D eigenvalue weighted by molar-refractivity contribution is 0.286. The molecule has 2 fully saturated rings. The predicted octanol–water partition coefficient (Wildman–Crippen LogP) is 4.83. The topological polar surface area (TPSA) is 24.1 Å². The first kappa shape index (κ1) is 14.7. The molecule has 3 rings (SSSR count). The predicted molar refractivity (Wildman–Crippen MR) is 89.5 cm³/mol. The molecule has 0 radical (unpaired) electrons. The lowest BCUT2D eigenvalue weighted by Gasteiger charge is -2.33. The van der Waals surface area contributed by atoms with Gasteiger partial charge in [-0.05, 0) is 56.3 Å². The number of nitrogens with one attached hydrogen (secondary N) is 2. The SMILES string of the molecule is Clc1ccc(Br)cc1NC1CCCC1C1CCCCN1. The third kappa shape index (κ3) is 3.32. The van der Waals surface area contributed by atoms with Gasteiger partial charge in [0.2, 0.25) is 0 Å². The van der Waals surface area contributed by atoms with Crippen molar-refractivity contribution in [2.24, 2.45) is 5.92 Å². The van der Waals surface area contributed by atoms with Gasteiger partial charge in [0.15, 0.2) is 0 Å². The molecule has 1 aliphatic heterocycles. The van der Waals surface area contributed by atoms with Crippen LogP contribution < -0.4 is 10.6 Å². The van der Waals surface area contributed by atoms with E-state index in [0.29, 0.717) is 12.1 Å². The minimum absolute atomic E-state index is 0.553. The van der Waals surface area contributed by atoms with Crippen LogP contribution in [0, 0.1) is 5.92 Å². The van der Waals surface area contributed by atoms with Crippen molar-refractivity contribution >= 4 is 33.2 Å². The van der Waals surface area contributed by atoms with E-state index >= 15 is 0 Å². The summed E-state index contributed by atoms with van der Waals surface area (Å²) in [6, 6.07) is 7.28. The zero-order valence-electron chi connectivity index (χ0n) is 11.7.